The summed E-state index contributed by atoms with van der Waals surface area (Å²) in [6, 6.07) is 16.1. The van der Waals surface area contributed by atoms with Crippen molar-refractivity contribution in [3.8, 4) is 17.0 Å². The number of nitrogens with zero attached hydrogens (tertiary/aromatic N) is 1. The van der Waals surface area contributed by atoms with Gasteiger partial charge < -0.3 is 4.74 Å². The van der Waals surface area contributed by atoms with E-state index in [2.05, 4.69) is 10.2 Å². The molecule has 0 spiro atoms. The Balaban J connectivity index is 1.78. The Hall–Kier alpha value is -2.62. The second kappa shape index (κ2) is 5.57. The molecular weight excluding hydrogens is 255 g/mol. The van der Waals surface area contributed by atoms with Gasteiger partial charge in [0, 0.05) is 6.20 Å². The molecule has 0 fully saturated rings. The number of aromatic amines is 1. The van der Waals surface area contributed by atoms with Gasteiger partial charge in [0.2, 0.25) is 5.88 Å². The van der Waals surface area contributed by atoms with Crippen molar-refractivity contribution in [2.75, 3.05) is 0 Å². The molecule has 1 heterocycles. The monoisotopic (exact) mass is 268 g/mol. The summed E-state index contributed by atoms with van der Waals surface area (Å²) in [6.07, 6.45) is 1.74. The van der Waals surface area contributed by atoms with Gasteiger partial charge in [0.15, 0.2) is 0 Å². The molecule has 100 valence electrons. The number of nitrogens with one attached hydrogen (secondary N) is 1. The van der Waals surface area contributed by atoms with Crippen LogP contribution in [0.5, 0.6) is 5.88 Å². The highest BCUT2D eigenvalue weighted by Crippen LogP contribution is 2.28. The van der Waals surface area contributed by atoms with Gasteiger partial charge in [-0.2, -0.15) is 0 Å². The van der Waals surface area contributed by atoms with E-state index in [9.17, 15) is 4.39 Å². The van der Waals surface area contributed by atoms with Gasteiger partial charge in [-0.05, 0) is 23.3 Å². The van der Waals surface area contributed by atoms with Gasteiger partial charge in [-0.3, -0.25) is 5.10 Å². The number of halogens is 1. The molecular formula is C16H13FN2O. The highest BCUT2D eigenvalue weighted by Gasteiger charge is 2.09. The quantitative estimate of drug-likeness (QED) is 0.781. The lowest BCUT2D eigenvalue weighted by Gasteiger charge is -2.06. The molecule has 3 aromatic rings. The molecule has 1 aromatic heterocycles. The molecule has 0 radical (unpaired) electrons. The van der Waals surface area contributed by atoms with Crippen LogP contribution in [-0.2, 0) is 6.61 Å². The molecule has 1 N–H and O–H groups in total. The molecule has 0 amide bonds. The lowest BCUT2D eigenvalue weighted by Crippen LogP contribution is -1.96. The molecule has 3 nitrogen and oxygen atoms in total. The molecule has 0 atom stereocenters. The normalized spacial score (nSPS) is 10.4. The molecule has 0 aliphatic heterocycles. The predicted molar refractivity (Wildman–Crippen MR) is 74.8 cm³/mol. The van der Waals surface area contributed by atoms with Crippen molar-refractivity contribution in [3.63, 3.8) is 0 Å². The Morgan fingerprint density at radius 1 is 1.00 bits per heavy atom. The maximum Gasteiger partial charge on any atom is 0.240 e. The van der Waals surface area contributed by atoms with Crippen LogP contribution < -0.4 is 4.74 Å². The zero-order valence-corrected chi connectivity index (χ0v) is 10.7. The smallest absolute Gasteiger partial charge is 0.240 e. The summed E-state index contributed by atoms with van der Waals surface area (Å²) in [5, 5.41) is 6.87. The molecule has 0 saturated heterocycles. The van der Waals surface area contributed by atoms with Gasteiger partial charge in [-0.1, -0.05) is 42.5 Å². The first-order chi connectivity index (χ1) is 9.83. The third-order valence-corrected chi connectivity index (χ3v) is 2.98. The maximum atomic E-state index is 12.9. The van der Waals surface area contributed by atoms with Crippen LogP contribution in [0, 0.1) is 5.82 Å². The largest absolute Gasteiger partial charge is 0.471 e. The van der Waals surface area contributed by atoms with Crippen molar-refractivity contribution in [2.24, 2.45) is 0 Å². The molecule has 3 rings (SSSR count). The number of H-pyrrole nitrogens is 1. The van der Waals surface area contributed by atoms with Crippen LogP contribution in [0.25, 0.3) is 11.1 Å². The van der Waals surface area contributed by atoms with Crippen LogP contribution in [0.2, 0.25) is 0 Å². The standard InChI is InChI=1S/C16H13FN2O/c17-14-8-6-13(7-9-14)15-10-18-19-16(15)20-11-12-4-2-1-3-5-12/h1-10H,11H2,(H,18,19). The molecule has 4 heteroatoms. The van der Waals surface area contributed by atoms with E-state index in [-0.39, 0.29) is 5.82 Å². The van der Waals surface area contributed by atoms with Crippen molar-refractivity contribution >= 4 is 0 Å². The van der Waals surface area contributed by atoms with Crippen molar-refractivity contribution in [2.45, 2.75) is 6.61 Å². The summed E-state index contributed by atoms with van der Waals surface area (Å²) in [7, 11) is 0. The number of ether oxygens (including phenoxy) is 1. The summed E-state index contributed by atoms with van der Waals surface area (Å²) in [5.41, 5.74) is 2.75. The van der Waals surface area contributed by atoms with E-state index in [0.29, 0.717) is 12.5 Å². The fraction of sp³-hybridized carbons (Fsp3) is 0.0625. The highest BCUT2D eigenvalue weighted by atomic mass is 19.1. The fourth-order valence-electron chi connectivity index (χ4n) is 1.95. The molecule has 0 aliphatic rings. The summed E-state index contributed by atoms with van der Waals surface area (Å²) in [5.74, 6) is 0.254. The Bertz CT molecular complexity index is 677. The van der Waals surface area contributed by atoms with Gasteiger partial charge in [0.1, 0.15) is 12.4 Å². The summed E-state index contributed by atoms with van der Waals surface area (Å²) < 4.78 is 18.7. The average molecular weight is 268 g/mol. The van der Waals surface area contributed by atoms with Crippen molar-refractivity contribution in [1.29, 1.82) is 0 Å². The SMILES string of the molecule is Fc1ccc(-c2c[nH]nc2OCc2ccccc2)cc1. The first-order valence-corrected chi connectivity index (χ1v) is 6.29. The molecule has 0 saturated carbocycles. The van der Waals surface area contributed by atoms with Gasteiger partial charge in [0.25, 0.3) is 0 Å². The number of rotatable bonds is 4. The number of aromatic nitrogens is 2. The molecule has 20 heavy (non-hydrogen) atoms. The topological polar surface area (TPSA) is 37.9 Å². The van der Waals surface area contributed by atoms with Crippen LogP contribution in [-0.4, -0.2) is 10.2 Å². The van der Waals surface area contributed by atoms with E-state index in [1.54, 1.807) is 18.3 Å². The first-order valence-electron chi connectivity index (χ1n) is 6.29. The van der Waals surface area contributed by atoms with Gasteiger partial charge in [-0.25, -0.2) is 4.39 Å². The van der Waals surface area contributed by atoms with Gasteiger partial charge in [0.05, 0.1) is 5.56 Å². The summed E-state index contributed by atoms with van der Waals surface area (Å²) >= 11 is 0. The van der Waals surface area contributed by atoms with Crippen molar-refractivity contribution < 1.29 is 9.13 Å². The van der Waals surface area contributed by atoms with E-state index >= 15 is 0 Å². The van der Waals surface area contributed by atoms with Crippen molar-refractivity contribution in [1.82, 2.24) is 10.2 Å². The Labute approximate surface area is 116 Å². The number of hydrogen-bond donors (Lipinski definition) is 1. The Morgan fingerprint density at radius 2 is 1.75 bits per heavy atom. The van der Waals surface area contributed by atoms with Crippen LogP contribution >= 0.6 is 0 Å². The van der Waals surface area contributed by atoms with Crippen LogP contribution in [0.4, 0.5) is 4.39 Å². The Kier molecular flexibility index (Phi) is 3.46. The third kappa shape index (κ3) is 2.69. The fourth-order valence-corrected chi connectivity index (χ4v) is 1.95. The predicted octanol–water partition coefficient (Wildman–Crippen LogP) is 3.79. The summed E-state index contributed by atoms with van der Waals surface area (Å²) in [6.45, 7) is 0.444. The molecule has 0 aliphatic carbocycles. The second-order valence-corrected chi connectivity index (χ2v) is 4.39. The lowest BCUT2D eigenvalue weighted by atomic mass is 10.1. The van der Waals surface area contributed by atoms with E-state index < -0.39 is 0 Å². The van der Waals surface area contributed by atoms with E-state index in [1.807, 2.05) is 30.3 Å². The van der Waals surface area contributed by atoms with E-state index in [4.69, 9.17) is 4.74 Å². The van der Waals surface area contributed by atoms with Crippen LogP contribution in [0.3, 0.4) is 0 Å². The van der Waals surface area contributed by atoms with Crippen LogP contribution in [0.1, 0.15) is 5.56 Å². The highest BCUT2D eigenvalue weighted by molar-refractivity contribution is 5.67. The number of benzene rings is 2. The molecule has 0 unspecified atom stereocenters. The Morgan fingerprint density at radius 3 is 2.50 bits per heavy atom. The lowest BCUT2D eigenvalue weighted by molar-refractivity contribution is 0.294. The van der Waals surface area contributed by atoms with Crippen LogP contribution in [0.15, 0.2) is 60.8 Å². The summed E-state index contributed by atoms with van der Waals surface area (Å²) in [4.78, 5) is 0. The maximum absolute atomic E-state index is 12.9. The van der Waals surface area contributed by atoms with Crippen molar-refractivity contribution in [3.05, 3.63) is 72.2 Å². The van der Waals surface area contributed by atoms with Gasteiger partial charge >= 0.3 is 0 Å². The average Bonchev–Trinajstić information content (AvgIpc) is 2.95. The molecule has 2 aromatic carbocycles. The molecule has 0 bridgehead atoms. The zero-order chi connectivity index (χ0) is 13.8. The van der Waals surface area contributed by atoms with E-state index in [0.717, 1.165) is 16.7 Å². The van der Waals surface area contributed by atoms with Gasteiger partial charge in [-0.15, -0.1) is 5.10 Å². The number of hydrogen-bond acceptors (Lipinski definition) is 2. The minimum atomic E-state index is -0.260. The second-order valence-electron chi connectivity index (χ2n) is 4.39. The minimum absolute atomic E-state index is 0.260. The third-order valence-electron chi connectivity index (χ3n) is 2.98. The first kappa shape index (κ1) is 12.4. The minimum Gasteiger partial charge on any atom is -0.471 e. The zero-order valence-electron chi connectivity index (χ0n) is 10.7. The van der Waals surface area contributed by atoms with E-state index in [1.165, 1.54) is 12.1 Å².